The second-order valence-electron chi connectivity index (χ2n) is 5.13. The fraction of sp³-hybridized carbons (Fsp3) is 0.467. The number of sulfonamides is 1. The van der Waals surface area contributed by atoms with Crippen molar-refractivity contribution in [2.75, 3.05) is 13.1 Å². The minimum Gasteiger partial charge on any atom is -0.313 e. The third-order valence-corrected chi connectivity index (χ3v) is 5.74. The van der Waals surface area contributed by atoms with Crippen LogP contribution in [0.15, 0.2) is 35.7 Å². The van der Waals surface area contributed by atoms with Crippen LogP contribution in [0.1, 0.15) is 25.3 Å². The molecule has 0 saturated heterocycles. The van der Waals surface area contributed by atoms with Crippen LogP contribution in [0.3, 0.4) is 0 Å². The maximum atomic E-state index is 12.8. The van der Waals surface area contributed by atoms with Crippen LogP contribution in [0.25, 0.3) is 0 Å². The Labute approximate surface area is 131 Å². The lowest BCUT2D eigenvalue weighted by atomic mass is 10.2. The Bertz CT molecular complexity index is 612. The zero-order valence-electron chi connectivity index (χ0n) is 12.2. The third-order valence-electron chi connectivity index (χ3n) is 3.45. The monoisotopic (exact) mass is 328 g/mol. The molecule has 0 amide bonds. The highest BCUT2D eigenvalue weighted by molar-refractivity contribution is 7.89. The van der Waals surface area contributed by atoms with Gasteiger partial charge in [0.25, 0.3) is 0 Å². The first-order chi connectivity index (χ1) is 10.0. The van der Waals surface area contributed by atoms with E-state index in [1.54, 1.807) is 24.3 Å². The number of nitrogens with zero attached hydrogens (tertiary/aromatic N) is 1. The number of benzene rings is 1. The molecule has 0 unspecified atom stereocenters. The minimum absolute atomic E-state index is 0.112. The molecule has 0 aromatic heterocycles. The van der Waals surface area contributed by atoms with Crippen LogP contribution in [0.4, 0.5) is 0 Å². The largest absolute Gasteiger partial charge is 0.313 e. The molecule has 6 heteroatoms. The molecule has 1 aliphatic carbocycles. The first-order valence-electron chi connectivity index (χ1n) is 7.12. The smallest absolute Gasteiger partial charge is 0.243 e. The van der Waals surface area contributed by atoms with Gasteiger partial charge in [-0.3, -0.25) is 0 Å². The highest BCUT2D eigenvalue weighted by atomic mass is 35.5. The van der Waals surface area contributed by atoms with E-state index in [0.717, 1.165) is 24.9 Å². The third kappa shape index (κ3) is 3.86. The van der Waals surface area contributed by atoms with Crippen molar-refractivity contribution < 1.29 is 8.42 Å². The standard InChI is InChI=1S/C15H21ClN2O2S/c1-3-9-18(13-5-6-13)21(19,20)14-7-8-15(16)12(10-14)11-17-4-2/h3,7-8,10,13,17H,1,4-6,9,11H2,2H3. The average Bonchev–Trinajstić information content (AvgIpc) is 3.28. The van der Waals surface area contributed by atoms with E-state index in [1.807, 2.05) is 6.92 Å². The Kier molecular flexibility index (Phi) is 5.43. The highest BCUT2D eigenvalue weighted by Gasteiger charge is 2.37. The molecule has 1 N–H and O–H groups in total. The molecule has 0 spiro atoms. The van der Waals surface area contributed by atoms with Gasteiger partial charge in [-0.1, -0.05) is 24.6 Å². The maximum absolute atomic E-state index is 12.8. The number of halogens is 1. The fourth-order valence-corrected chi connectivity index (χ4v) is 4.07. The van der Waals surface area contributed by atoms with Crippen LogP contribution in [-0.2, 0) is 16.6 Å². The van der Waals surface area contributed by atoms with Gasteiger partial charge in [-0.2, -0.15) is 4.31 Å². The predicted molar refractivity (Wildman–Crippen MR) is 85.9 cm³/mol. The van der Waals surface area contributed by atoms with Gasteiger partial charge in [-0.05, 0) is 43.1 Å². The van der Waals surface area contributed by atoms with Gasteiger partial charge in [0, 0.05) is 24.2 Å². The highest BCUT2D eigenvalue weighted by Crippen LogP contribution is 2.32. The molecule has 1 fully saturated rings. The summed E-state index contributed by atoms with van der Waals surface area (Å²) in [6.45, 7) is 7.35. The second-order valence-corrected chi connectivity index (χ2v) is 7.43. The SMILES string of the molecule is C=CCN(C1CC1)S(=O)(=O)c1ccc(Cl)c(CNCC)c1. The van der Waals surface area contributed by atoms with Gasteiger partial charge in [0.05, 0.1) is 4.90 Å². The molecule has 0 atom stereocenters. The van der Waals surface area contributed by atoms with Gasteiger partial charge in [0.15, 0.2) is 0 Å². The van der Waals surface area contributed by atoms with Crippen molar-refractivity contribution in [1.82, 2.24) is 9.62 Å². The average molecular weight is 329 g/mol. The second kappa shape index (κ2) is 6.92. The molecule has 1 aliphatic rings. The normalized spacial score (nSPS) is 15.4. The molecule has 21 heavy (non-hydrogen) atoms. The van der Waals surface area contributed by atoms with Crippen molar-refractivity contribution in [2.24, 2.45) is 0 Å². The van der Waals surface area contributed by atoms with E-state index >= 15 is 0 Å². The van der Waals surface area contributed by atoms with E-state index in [9.17, 15) is 8.42 Å². The van der Waals surface area contributed by atoms with Crippen molar-refractivity contribution in [1.29, 1.82) is 0 Å². The zero-order valence-corrected chi connectivity index (χ0v) is 13.8. The van der Waals surface area contributed by atoms with Crippen molar-refractivity contribution in [3.05, 3.63) is 41.4 Å². The summed E-state index contributed by atoms with van der Waals surface area (Å²) in [5, 5.41) is 3.74. The molecule has 1 aromatic carbocycles. The molecule has 1 saturated carbocycles. The summed E-state index contributed by atoms with van der Waals surface area (Å²) in [4.78, 5) is 0.300. The van der Waals surface area contributed by atoms with E-state index < -0.39 is 10.0 Å². The van der Waals surface area contributed by atoms with Crippen LogP contribution < -0.4 is 5.32 Å². The first kappa shape index (κ1) is 16.5. The maximum Gasteiger partial charge on any atom is 0.243 e. The summed E-state index contributed by atoms with van der Waals surface area (Å²) in [6, 6.07) is 5.01. The lowest BCUT2D eigenvalue weighted by Gasteiger charge is -2.21. The summed E-state index contributed by atoms with van der Waals surface area (Å²) in [5.74, 6) is 0. The van der Waals surface area contributed by atoms with Crippen LogP contribution in [0, 0.1) is 0 Å². The number of hydrogen-bond acceptors (Lipinski definition) is 3. The molecule has 0 aliphatic heterocycles. The van der Waals surface area contributed by atoms with Gasteiger partial charge in [0.2, 0.25) is 10.0 Å². The summed E-state index contributed by atoms with van der Waals surface area (Å²) < 4.78 is 27.0. The van der Waals surface area contributed by atoms with Crippen LogP contribution >= 0.6 is 11.6 Å². The lowest BCUT2D eigenvalue weighted by molar-refractivity contribution is 0.436. The molecule has 0 radical (unpaired) electrons. The Morgan fingerprint density at radius 2 is 2.19 bits per heavy atom. The predicted octanol–water partition coefficient (Wildman–Crippen LogP) is 2.79. The van der Waals surface area contributed by atoms with Crippen LogP contribution in [-0.4, -0.2) is 31.9 Å². The molecule has 0 bridgehead atoms. The Morgan fingerprint density at radius 1 is 1.48 bits per heavy atom. The van der Waals surface area contributed by atoms with Crippen molar-refractivity contribution in [2.45, 2.75) is 37.2 Å². The molecule has 1 aromatic rings. The number of hydrogen-bond donors (Lipinski definition) is 1. The first-order valence-corrected chi connectivity index (χ1v) is 8.94. The summed E-state index contributed by atoms with van der Waals surface area (Å²) >= 11 is 6.13. The number of nitrogens with one attached hydrogen (secondary N) is 1. The topological polar surface area (TPSA) is 49.4 Å². The molecule has 0 heterocycles. The minimum atomic E-state index is -3.49. The van der Waals surface area contributed by atoms with E-state index in [0.29, 0.717) is 23.0 Å². The van der Waals surface area contributed by atoms with Crippen molar-refractivity contribution in [3.8, 4) is 0 Å². The van der Waals surface area contributed by atoms with Crippen molar-refractivity contribution >= 4 is 21.6 Å². The summed E-state index contributed by atoms with van der Waals surface area (Å²) in [5.41, 5.74) is 0.800. The fourth-order valence-electron chi connectivity index (χ4n) is 2.18. The van der Waals surface area contributed by atoms with Crippen molar-refractivity contribution in [3.63, 3.8) is 0 Å². The van der Waals surface area contributed by atoms with Crippen LogP contribution in [0.2, 0.25) is 5.02 Å². The summed E-state index contributed by atoms with van der Waals surface area (Å²) in [7, 11) is -3.49. The zero-order chi connectivity index (χ0) is 15.5. The van der Waals surface area contributed by atoms with E-state index in [1.165, 1.54) is 4.31 Å². The summed E-state index contributed by atoms with van der Waals surface area (Å²) in [6.07, 6.45) is 3.47. The number of rotatable bonds is 8. The molecule has 116 valence electrons. The van der Waals surface area contributed by atoms with E-state index in [4.69, 9.17) is 11.6 Å². The Hall–Kier alpha value is -0.880. The molecular formula is C15H21ClN2O2S. The Balaban J connectivity index is 2.32. The van der Waals surface area contributed by atoms with E-state index in [2.05, 4.69) is 11.9 Å². The molecule has 2 rings (SSSR count). The molecular weight excluding hydrogens is 308 g/mol. The Morgan fingerprint density at radius 3 is 2.76 bits per heavy atom. The quantitative estimate of drug-likeness (QED) is 0.746. The lowest BCUT2D eigenvalue weighted by Crippen LogP contribution is -2.33. The molecule has 4 nitrogen and oxygen atoms in total. The van der Waals surface area contributed by atoms with Gasteiger partial charge >= 0.3 is 0 Å². The van der Waals surface area contributed by atoms with E-state index in [-0.39, 0.29) is 6.04 Å². The van der Waals surface area contributed by atoms with Gasteiger partial charge in [-0.15, -0.1) is 6.58 Å². The van der Waals surface area contributed by atoms with Gasteiger partial charge < -0.3 is 5.32 Å². The van der Waals surface area contributed by atoms with Gasteiger partial charge in [0.1, 0.15) is 0 Å². The van der Waals surface area contributed by atoms with Gasteiger partial charge in [-0.25, -0.2) is 8.42 Å². The van der Waals surface area contributed by atoms with Crippen LogP contribution in [0.5, 0.6) is 0 Å².